The standard InChI is InChI=1S/C13H20N4O3/c1-13(2,3)11(20)17-12-15-9-8(10(19)16-12)4-7(6-18)5-14-9/h7,18H,4-6H2,1-3H3,(H3,14,15,16,17,19,20). The number of amides is 1. The zero-order chi connectivity index (χ0) is 14.9. The van der Waals surface area contributed by atoms with Crippen LogP contribution in [0.15, 0.2) is 0 Å². The van der Waals surface area contributed by atoms with Crippen LogP contribution in [-0.4, -0.2) is 39.2 Å². The quantitative estimate of drug-likeness (QED) is 0.636. The fourth-order valence-electron chi connectivity index (χ4n) is 1.88. The van der Waals surface area contributed by atoms with Gasteiger partial charge in [-0.15, -0.1) is 0 Å². The Hall–Kier alpha value is -1.89. The molecule has 1 amide bonds. The number of anilines is 2. The van der Waals surface area contributed by atoms with Crippen LogP contribution in [0.4, 0.5) is 11.8 Å². The number of carbonyl (C=O) groups is 1. The van der Waals surface area contributed by atoms with Gasteiger partial charge in [-0.05, 0) is 6.42 Å². The fraction of sp³-hybridized carbons (Fsp3) is 0.615. The Morgan fingerprint density at radius 2 is 2.15 bits per heavy atom. The minimum absolute atomic E-state index is 0.0343. The average molecular weight is 280 g/mol. The van der Waals surface area contributed by atoms with Gasteiger partial charge in [0.2, 0.25) is 17.7 Å². The summed E-state index contributed by atoms with van der Waals surface area (Å²) >= 11 is 0. The largest absolute Gasteiger partial charge is 0.493 e. The summed E-state index contributed by atoms with van der Waals surface area (Å²) in [6.07, 6.45) is 0.512. The first-order valence-electron chi connectivity index (χ1n) is 6.57. The second kappa shape index (κ2) is 5.24. The third kappa shape index (κ3) is 2.98. The molecule has 1 aromatic rings. The summed E-state index contributed by atoms with van der Waals surface area (Å²) in [5.41, 5.74) is 0.00802. The van der Waals surface area contributed by atoms with Crippen LogP contribution in [0, 0.1) is 11.3 Å². The molecule has 7 heteroatoms. The van der Waals surface area contributed by atoms with Gasteiger partial charge in [-0.1, -0.05) is 20.8 Å². The van der Waals surface area contributed by atoms with Crippen molar-refractivity contribution in [2.24, 2.45) is 11.3 Å². The van der Waals surface area contributed by atoms with Crippen LogP contribution in [0.2, 0.25) is 0 Å². The van der Waals surface area contributed by atoms with Crippen LogP contribution in [0.25, 0.3) is 0 Å². The highest BCUT2D eigenvalue weighted by Gasteiger charge is 2.26. The Morgan fingerprint density at radius 1 is 1.45 bits per heavy atom. The molecule has 0 spiro atoms. The molecular formula is C13H20N4O3. The molecule has 2 heterocycles. The minimum atomic E-state index is -0.565. The molecule has 1 aliphatic heterocycles. The maximum absolute atomic E-state index is 11.9. The van der Waals surface area contributed by atoms with E-state index in [0.717, 1.165) is 0 Å². The molecule has 1 unspecified atom stereocenters. The molecule has 1 aromatic heterocycles. The molecule has 2 rings (SSSR count). The maximum Gasteiger partial charge on any atom is 0.234 e. The van der Waals surface area contributed by atoms with Crippen molar-refractivity contribution in [3.63, 3.8) is 0 Å². The van der Waals surface area contributed by atoms with Crippen LogP contribution >= 0.6 is 0 Å². The van der Waals surface area contributed by atoms with Crippen molar-refractivity contribution in [2.45, 2.75) is 27.2 Å². The van der Waals surface area contributed by atoms with Crippen LogP contribution in [0.1, 0.15) is 26.3 Å². The molecule has 0 bridgehead atoms. The molecule has 1 aliphatic rings. The third-order valence-electron chi connectivity index (χ3n) is 3.20. The number of aromatic hydroxyl groups is 1. The molecule has 0 aliphatic carbocycles. The van der Waals surface area contributed by atoms with E-state index < -0.39 is 5.41 Å². The van der Waals surface area contributed by atoms with E-state index in [1.54, 1.807) is 20.8 Å². The fourth-order valence-corrected chi connectivity index (χ4v) is 1.88. The number of carbonyl (C=O) groups excluding carboxylic acids is 1. The van der Waals surface area contributed by atoms with E-state index in [-0.39, 0.29) is 30.3 Å². The van der Waals surface area contributed by atoms with Crippen LogP contribution in [-0.2, 0) is 11.2 Å². The summed E-state index contributed by atoms with van der Waals surface area (Å²) in [6.45, 7) is 5.96. The van der Waals surface area contributed by atoms with E-state index in [9.17, 15) is 9.90 Å². The van der Waals surface area contributed by atoms with Crippen LogP contribution < -0.4 is 10.6 Å². The van der Waals surface area contributed by atoms with Gasteiger partial charge in [-0.25, -0.2) is 0 Å². The summed E-state index contributed by atoms with van der Waals surface area (Å²) in [7, 11) is 0. The SMILES string of the molecule is CC(C)(C)C(=O)Nc1nc(O)c2c(n1)NCC(CO)C2. The van der Waals surface area contributed by atoms with E-state index >= 15 is 0 Å². The normalized spacial score (nSPS) is 18.1. The van der Waals surface area contributed by atoms with Gasteiger partial charge in [0, 0.05) is 24.5 Å². The summed E-state index contributed by atoms with van der Waals surface area (Å²) in [5.74, 6) is 0.236. The van der Waals surface area contributed by atoms with Gasteiger partial charge in [-0.3, -0.25) is 10.1 Å². The lowest BCUT2D eigenvalue weighted by Gasteiger charge is -2.24. The van der Waals surface area contributed by atoms with Crippen molar-refractivity contribution in [2.75, 3.05) is 23.8 Å². The second-order valence-corrected chi connectivity index (χ2v) is 6.04. The number of hydrogen-bond donors (Lipinski definition) is 4. The molecule has 4 N–H and O–H groups in total. The molecule has 20 heavy (non-hydrogen) atoms. The number of nitrogens with one attached hydrogen (secondary N) is 2. The molecular weight excluding hydrogens is 260 g/mol. The minimum Gasteiger partial charge on any atom is -0.493 e. The van der Waals surface area contributed by atoms with Gasteiger partial charge in [-0.2, -0.15) is 9.97 Å². The molecule has 0 radical (unpaired) electrons. The van der Waals surface area contributed by atoms with Crippen LogP contribution in [0.3, 0.4) is 0 Å². The van der Waals surface area contributed by atoms with Crippen molar-refractivity contribution >= 4 is 17.7 Å². The van der Waals surface area contributed by atoms with Gasteiger partial charge in [0.05, 0.1) is 5.56 Å². The molecule has 0 saturated carbocycles. The molecule has 1 atom stereocenters. The Labute approximate surface area is 117 Å². The van der Waals surface area contributed by atoms with Gasteiger partial charge < -0.3 is 15.5 Å². The Bertz CT molecular complexity index is 525. The number of fused-ring (bicyclic) bond motifs is 1. The number of aromatic nitrogens is 2. The first kappa shape index (κ1) is 14.5. The van der Waals surface area contributed by atoms with Crippen LogP contribution in [0.5, 0.6) is 5.88 Å². The highest BCUT2D eigenvalue weighted by atomic mass is 16.3. The summed E-state index contributed by atoms with van der Waals surface area (Å²) in [4.78, 5) is 20.0. The van der Waals surface area contributed by atoms with Crippen molar-refractivity contribution in [1.29, 1.82) is 0 Å². The number of hydrogen-bond acceptors (Lipinski definition) is 6. The van der Waals surface area contributed by atoms with Crippen molar-refractivity contribution < 1.29 is 15.0 Å². The molecule has 110 valence electrons. The lowest BCUT2D eigenvalue weighted by molar-refractivity contribution is -0.123. The van der Waals surface area contributed by atoms with Gasteiger partial charge in [0.1, 0.15) is 5.82 Å². The number of aliphatic hydroxyl groups is 1. The van der Waals surface area contributed by atoms with Crippen molar-refractivity contribution in [3.8, 4) is 5.88 Å². The number of rotatable bonds is 2. The maximum atomic E-state index is 11.9. The van der Waals surface area contributed by atoms with Crippen molar-refractivity contribution in [3.05, 3.63) is 5.56 Å². The van der Waals surface area contributed by atoms with Gasteiger partial charge in [0.15, 0.2) is 0 Å². The second-order valence-electron chi connectivity index (χ2n) is 6.04. The predicted molar refractivity (Wildman–Crippen MR) is 74.6 cm³/mol. The van der Waals surface area contributed by atoms with E-state index in [0.29, 0.717) is 24.3 Å². The summed E-state index contributed by atoms with van der Waals surface area (Å²) in [6, 6.07) is 0. The topological polar surface area (TPSA) is 107 Å². The first-order valence-corrected chi connectivity index (χ1v) is 6.57. The van der Waals surface area contributed by atoms with E-state index in [1.165, 1.54) is 0 Å². The Balaban J connectivity index is 2.23. The number of nitrogens with zero attached hydrogens (tertiary/aromatic N) is 2. The van der Waals surface area contributed by atoms with Gasteiger partial charge >= 0.3 is 0 Å². The Kier molecular flexibility index (Phi) is 3.80. The van der Waals surface area contributed by atoms with E-state index in [1.807, 2.05) is 0 Å². The smallest absolute Gasteiger partial charge is 0.234 e. The van der Waals surface area contributed by atoms with E-state index in [4.69, 9.17) is 5.11 Å². The number of aliphatic hydroxyl groups excluding tert-OH is 1. The average Bonchev–Trinajstić information content (AvgIpc) is 2.37. The molecule has 0 saturated heterocycles. The lowest BCUT2D eigenvalue weighted by Crippen LogP contribution is -2.30. The molecule has 0 fully saturated rings. The zero-order valence-electron chi connectivity index (χ0n) is 11.9. The molecule has 7 nitrogen and oxygen atoms in total. The first-order chi connectivity index (χ1) is 9.31. The lowest BCUT2D eigenvalue weighted by atomic mass is 9.96. The predicted octanol–water partition coefficient (Wildman–Crippen LogP) is 0.743. The summed E-state index contributed by atoms with van der Waals surface area (Å²) in [5, 5.41) is 24.7. The Morgan fingerprint density at radius 3 is 2.75 bits per heavy atom. The monoisotopic (exact) mass is 280 g/mol. The van der Waals surface area contributed by atoms with E-state index in [2.05, 4.69) is 20.6 Å². The van der Waals surface area contributed by atoms with Gasteiger partial charge in [0.25, 0.3) is 0 Å². The van der Waals surface area contributed by atoms with Crippen molar-refractivity contribution in [1.82, 2.24) is 9.97 Å². The summed E-state index contributed by atoms with van der Waals surface area (Å²) < 4.78 is 0. The third-order valence-corrected chi connectivity index (χ3v) is 3.20. The highest BCUT2D eigenvalue weighted by molar-refractivity contribution is 5.93. The molecule has 0 aromatic carbocycles. The highest BCUT2D eigenvalue weighted by Crippen LogP contribution is 2.30. The zero-order valence-corrected chi connectivity index (χ0v) is 11.9.